The number of likely N-dealkylation sites (N-methyl/N-ethyl adjacent to an activating group) is 1. The molecule has 0 spiro atoms. The summed E-state index contributed by atoms with van der Waals surface area (Å²) < 4.78 is 5.81. The number of hydrogen-bond acceptors (Lipinski definition) is 1. The van der Waals surface area contributed by atoms with E-state index in [1.54, 1.807) is 4.90 Å². The van der Waals surface area contributed by atoms with Crippen molar-refractivity contribution >= 4 is 0 Å². The number of unbranched alkanes of at least 4 members (excludes halogenated alkanes) is 3. The van der Waals surface area contributed by atoms with E-state index in [0.717, 1.165) is 18.8 Å². The smallest absolute Gasteiger partial charge is 0.127 e. The Labute approximate surface area is 136 Å². The standard InChI is InChI=1S/C19H32N2O/c1-3-18-8-10-19(11-9-18)22-17-7-5-4-6-12-21-15-13-20(2)14-16-21/h8-11H,3-7,12-17H2,1-2H3/p+2. The third-order valence-electron chi connectivity index (χ3n) is 4.84. The number of rotatable bonds is 9. The van der Waals surface area contributed by atoms with E-state index >= 15 is 0 Å². The van der Waals surface area contributed by atoms with E-state index < -0.39 is 0 Å². The van der Waals surface area contributed by atoms with Crippen molar-refractivity contribution in [2.75, 3.05) is 46.4 Å². The lowest BCUT2D eigenvalue weighted by molar-refractivity contribution is -1.00. The first kappa shape index (κ1) is 17.3. The van der Waals surface area contributed by atoms with E-state index in [-0.39, 0.29) is 0 Å². The van der Waals surface area contributed by atoms with E-state index in [4.69, 9.17) is 4.74 Å². The van der Waals surface area contributed by atoms with Crippen LogP contribution in [-0.2, 0) is 6.42 Å². The number of ether oxygens (including phenoxy) is 1. The van der Waals surface area contributed by atoms with Gasteiger partial charge < -0.3 is 14.5 Å². The maximum absolute atomic E-state index is 5.81. The predicted molar refractivity (Wildman–Crippen MR) is 92.0 cm³/mol. The molecule has 22 heavy (non-hydrogen) atoms. The second-order valence-electron chi connectivity index (χ2n) is 6.72. The average molecular weight is 306 g/mol. The summed E-state index contributed by atoms with van der Waals surface area (Å²) in [4.78, 5) is 3.52. The maximum Gasteiger partial charge on any atom is 0.127 e. The fraction of sp³-hybridized carbons (Fsp3) is 0.684. The van der Waals surface area contributed by atoms with Gasteiger partial charge in [-0.3, -0.25) is 0 Å². The van der Waals surface area contributed by atoms with Crippen LogP contribution in [0.3, 0.4) is 0 Å². The van der Waals surface area contributed by atoms with Crippen LogP contribution in [0.15, 0.2) is 24.3 Å². The van der Waals surface area contributed by atoms with Crippen LogP contribution in [-0.4, -0.2) is 46.4 Å². The zero-order chi connectivity index (χ0) is 15.6. The highest BCUT2D eigenvalue weighted by molar-refractivity contribution is 5.27. The van der Waals surface area contributed by atoms with E-state index in [1.807, 2.05) is 4.90 Å². The van der Waals surface area contributed by atoms with Gasteiger partial charge in [0.25, 0.3) is 0 Å². The first-order valence-corrected chi connectivity index (χ1v) is 9.14. The van der Waals surface area contributed by atoms with Crippen LogP contribution in [0.25, 0.3) is 0 Å². The third kappa shape index (κ3) is 6.37. The van der Waals surface area contributed by atoms with Gasteiger partial charge in [0, 0.05) is 0 Å². The average Bonchev–Trinajstić information content (AvgIpc) is 2.56. The molecule has 0 radical (unpaired) electrons. The fourth-order valence-electron chi connectivity index (χ4n) is 3.12. The largest absolute Gasteiger partial charge is 0.494 e. The van der Waals surface area contributed by atoms with E-state index in [1.165, 1.54) is 64.0 Å². The number of nitrogens with one attached hydrogen (secondary N) is 2. The summed E-state index contributed by atoms with van der Waals surface area (Å²) in [6.07, 6.45) is 6.30. The Balaban J connectivity index is 1.45. The molecule has 1 aromatic carbocycles. The summed E-state index contributed by atoms with van der Waals surface area (Å²) in [6.45, 7) is 9.83. The Kier molecular flexibility index (Phi) is 7.75. The van der Waals surface area contributed by atoms with Crippen molar-refractivity contribution in [1.82, 2.24) is 0 Å². The van der Waals surface area contributed by atoms with E-state index in [2.05, 4.69) is 38.2 Å². The van der Waals surface area contributed by atoms with Crippen molar-refractivity contribution in [1.29, 1.82) is 0 Å². The number of benzene rings is 1. The summed E-state index contributed by atoms with van der Waals surface area (Å²) >= 11 is 0. The minimum Gasteiger partial charge on any atom is -0.494 e. The van der Waals surface area contributed by atoms with E-state index in [9.17, 15) is 0 Å². The van der Waals surface area contributed by atoms with E-state index in [0.29, 0.717) is 0 Å². The molecule has 1 aromatic rings. The molecule has 2 rings (SSSR count). The molecule has 3 nitrogen and oxygen atoms in total. The molecular weight excluding hydrogens is 272 g/mol. The van der Waals surface area contributed by atoms with Gasteiger partial charge in [0.1, 0.15) is 31.9 Å². The molecule has 0 amide bonds. The highest BCUT2D eigenvalue weighted by atomic mass is 16.5. The molecule has 0 aromatic heterocycles. The van der Waals surface area contributed by atoms with Gasteiger partial charge >= 0.3 is 0 Å². The van der Waals surface area contributed by atoms with Gasteiger partial charge in [0.05, 0.1) is 20.2 Å². The van der Waals surface area contributed by atoms with Crippen molar-refractivity contribution in [3.8, 4) is 5.75 Å². The van der Waals surface area contributed by atoms with Gasteiger partial charge in [0.15, 0.2) is 0 Å². The summed E-state index contributed by atoms with van der Waals surface area (Å²) in [5, 5.41) is 0. The maximum atomic E-state index is 5.81. The SMILES string of the molecule is CCc1ccc(OCCCCCC[NH+]2CC[NH+](C)CC2)cc1. The Morgan fingerprint density at radius 1 is 0.909 bits per heavy atom. The van der Waals surface area contributed by atoms with Gasteiger partial charge in [-0.2, -0.15) is 0 Å². The van der Waals surface area contributed by atoms with Crippen LogP contribution < -0.4 is 14.5 Å². The number of aryl methyl sites for hydroxylation is 1. The topological polar surface area (TPSA) is 18.1 Å². The summed E-state index contributed by atoms with van der Waals surface area (Å²) in [5.41, 5.74) is 1.38. The molecule has 1 fully saturated rings. The molecule has 0 aliphatic carbocycles. The second kappa shape index (κ2) is 9.86. The molecule has 0 bridgehead atoms. The zero-order valence-corrected chi connectivity index (χ0v) is 14.5. The second-order valence-corrected chi connectivity index (χ2v) is 6.72. The van der Waals surface area contributed by atoms with Crippen molar-refractivity contribution in [2.45, 2.75) is 39.0 Å². The minimum atomic E-state index is 0.857. The number of quaternary nitrogens is 2. The molecule has 3 heteroatoms. The zero-order valence-electron chi connectivity index (χ0n) is 14.5. The van der Waals surface area contributed by atoms with Crippen LogP contribution in [0.1, 0.15) is 38.2 Å². The molecule has 2 N–H and O–H groups in total. The predicted octanol–water partition coefficient (Wildman–Crippen LogP) is 0.601. The van der Waals surface area contributed by atoms with Crippen LogP contribution in [0, 0.1) is 0 Å². The van der Waals surface area contributed by atoms with Crippen LogP contribution in [0.2, 0.25) is 0 Å². The summed E-state index contributed by atoms with van der Waals surface area (Å²) in [5.74, 6) is 1.02. The van der Waals surface area contributed by atoms with Gasteiger partial charge in [-0.05, 0) is 49.8 Å². The summed E-state index contributed by atoms with van der Waals surface area (Å²) in [7, 11) is 2.31. The molecule has 0 atom stereocenters. The third-order valence-corrected chi connectivity index (χ3v) is 4.84. The Bertz CT molecular complexity index is 396. The monoisotopic (exact) mass is 306 g/mol. The molecule has 124 valence electrons. The first-order chi connectivity index (χ1) is 10.8. The van der Waals surface area contributed by atoms with Crippen LogP contribution >= 0.6 is 0 Å². The summed E-state index contributed by atoms with van der Waals surface area (Å²) in [6, 6.07) is 8.51. The van der Waals surface area contributed by atoms with Crippen molar-refractivity contribution in [2.24, 2.45) is 0 Å². The molecule has 1 aliphatic heterocycles. The molecular formula is C19H34N2O+2. The molecule has 0 saturated carbocycles. The molecule has 1 heterocycles. The highest BCUT2D eigenvalue weighted by Gasteiger charge is 2.18. The lowest BCUT2D eigenvalue weighted by Gasteiger charge is -2.27. The number of hydrogen-bond donors (Lipinski definition) is 2. The molecule has 1 aliphatic rings. The normalized spacial score (nSPS) is 21.7. The van der Waals surface area contributed by atoms with Gasteiger partial charge in [-0.25, -0.2) is 0 Å². The van der Waals surface area contributed by atoms with Gasteiger partial charge in [0.2, 0.25) is 0 Å². The lowest BCUT2D eigenvalue weighted by Crippen LogP contribution is -3.27. The van der Waals surface area contributed by atoms with Crippen molar-refractivity contribution in [3.05, 3.63) is 29.8 Å². The minimum absolute atomic E-state index is 0.857. The Morgan fingerprint density at radius 3 is 2.27 bits per heavy atom. The quantitative estimate of drug-likeness (QED) is 0.640. The highest BCUT2D eigenvalue weighted by Crippen LogP contribution is 2.13. The Morgan fingerprint density at radius 2 is 1.59 bits per heavy atom. The van der Waals surface area contributed by atoms with Crippen LogP contribution in [0.4, 0.5) is 0 Å². The Hall–Kier alpha value is -1.06. The van der Waals surface area contributed by atoms with Crippen molar-refractivity contribution in [3.63, 3.8) is 0 Å². The number of piperazine rings is 1. The van der Waals surface area contributed by atoms with Crippen molar-refractivity contribution < 1.29 is 14.5 Å². The fourth-order valence-corrected chi connectivity index (χ4v) is 3.12. The molecule has 0 unspecified atom stereocenters. The van der Waals surface area contributed by atoms with Gasteiger partial charge in [-0.1, -0.05) is 19.1 Å². The molecule has 1 saturated heterocycles. The van der Waals surface area contributed by atoms with Crippen LogP contribution in [0.5, 0.6) is 5.75 Å². The lowest BCUT2D eigenvalue weighted by atomic mass is 10.1. The first-order valence-electron chi connectivity index (χ1n) is 9.14. The van der Waals surface area contributed by atoms with Gasteiger partial charge in [-0.15, -0.1) is 0 Å².